The molecule has 2 aromatic carbocycles. The first-order chi connectivity index (χ1) is 10.4. The van der Waals surface area contributed by atoms with Crippen molar-refractivity contribution in [3.8, 4) is 11.5 Å². The fourth-order valence-corrected chi connectivity index (χ4v) is 3.60. The van der Waals surface area contributed by atoms with Gasteiger partial charge in [0.25, 0.3) is 10.0 Å². The first kappa shape index (κ1) is 16.5. The van der Waals surface area contributed by atoms with Crippen molar-refractivity contribution in [3.05, 3.63) is 47.0 Å². The molecule has 0 saturated carbocycles. The molecule has 0 atom stereocenters. The van der Waals surface area contributed by atoms with Crippen LogP contribution in [0.25, 0.3) is 0 Å². The number of aryl methyl sites for hydroxylation is 1. The Hall–Kier alpha value is -1.92. The second kappa shape index (κ2) is 6.46. The lowest BCUT2D eigenvalue weighted by molar-refractivity contribution is 0.355. The molecule has 2 rings (SSSR count). The third kappa shape index (κ3) is 3.28. The summed E-state index contributed by atoms with van der Waals surface area (Å²) in [5, 5.41) is 0.160. The lowest BCUT2D eigenvalue weighted by atomic mass is 10.2. The van der Waals surface area contributed by atoms with Crippen LogP contribution in [0.15, 0.2) is 41.3 Å². The number of ether oxygens (including phenoxy) is 2. The SMILES string of the molecule is COc1cc(C)c(NS(=O)(=O)c2ccccc2Cl)cc1OC. The van der Waals surface area contributed by atoms with E-state index in [1.165, 1.54) is 26.4 Å². The van der Waals surface area contributed by atoms with Gasteiger partial charge in [-0.15, -0.1) is 0 Å². The molecule has 7 heteroatoms. The van der Waals surface area contributed by atoms with E-state index in [0.717, 1.165) is 0 Å². The fourth-order valence-electron chi connectivity index (χ4n) is 1.95. The molecule has 0 bridgehead atoms. The number of benzene rings is 2. The van der Waals surface area contributed by atoms with Gasteiger partial charge in [0.1, 0.15) is 4.90 Å². The van der Waals surface area contributed by atoms with Crippen molar-refractivity contribution in [2.45, 2.75) is 11.8 Å². The summed E-state index contributed by atoms with van der Waals surface area (Å²) in [5.74, 6) is 0.964. The summed E-state index contributed by atoms with van der Waals surface area (Å²) in [6, 6.07) is 9.52. The van der Waals surface area contributed by atoms with Crippen LogP contribution in [0.2, 0.25) is 5.02 Å². The largest absolute Gasteiger partial charge is 0.493 e. The molecule has 5 nitrogen and oxygen atoms in total. The minimum Gasteiger partial charge on any atom is -0.493 e. The van der Waals surface area contributed by atoms with Gasteiger partial charge in [-0.05, 0) is 30.7 Å². The van der Waals surface area contributed by atoms with Gasteiger partial charge in [0.2, 0.25) is 0 Å². The number of hydrogen-bond donors (Lipinski definition) is 1. The van der Waals surface area contributed by atoms with Crippen LogP contribution < -0.4 is 14.2 Å². The van der Waals surface area contributed by atoms with E-state index in [0.29, 0.717) is 22.7 Å². The third-order valence-electron chi connectivity index (χ3n) is 3.10. The molecule has 0 aliphatic carbocycles. The van der Waals surface area contributed by atoms with Crippen molar-refractivity contribution < 1.29 is 17.9 Å². The molecule has 0 spiro atoms. The van der Waals surface area contributed by atoms with Crippen LogP contribution in [0, 0.1) is 6.92 Å². The number of halogens is 1. The summed E-state index contributed by atoms with van der Waals surface area (Å²) < 4.78 is 37.8. The van der Waals surface area contributed by atoms with Gasteiger partial charge in [-0.3, -0.25) is 4.72 Å². The maximum atomic E-state index is 12.5. The van der Waals surface area contributed by atoms with Crippen molar-refractivity contribution in [2.75, 3.05) is 18.9 Å². The Kier molecular flexibility index (Phi) is 4.83. The average molecular weight is 342 g/mol. The topological polar surface area (TPSA) is 64.6 Å². The molecule has 2 aromatic rings. The second-order valence-corrected chi connectivity index (χ2v) is 6.62. The van der Waals surface area contributed by atoms with E-state index in [1.807, 2.05) is 0 Å². The lowest BCUT2D eigenvalue weighted by Crippen LogP contribution is -2.14. The van der Waals surface area contributed by atoms with Crippen LogP contribution in [0.1, 0.15) is 5.56 Å². The number of rotatable bonds is 5. The first-order valence-corrected chi connectivity index (χ1v) is 8.25. The zero-order chi connectivity index (χ0) is 16.3. The van der Waals surface area contributed by atoms with E-state index in [-0.39, 0.29) is 9.92 Å². The van der Waals surface area contributed by atoms with Crippen molar-refractivity contribution in [2.24, 2.45) is 0 Å². The number of nitrogens with one attached hydrogen (secondary N) is 1. The molecule has 1 N–H and O–H groups in total. The predicted octanol–water partition coefficient (Wildman–Crippen LogP) is 3.47. The number of anilines is 1. The number of methoxy groups -OCH3 is 2. The Balaban J connectivity index is 2.44. The standard InChI is InChI=1S/C15H16ClNO4S/c1-10-8-13(20-2)14(21-3)9-12(10)17-22(18,19)15-7-5-4-6-11(15)16/h4-9,17H,1-3H3. The van der Waals surface area contributed by atoms with Gasteiger partial charge in [-0.1, -0.05) is 23.7 Å². The normalized spacial score (nSPS) is 11.1. The predicted molar refractivity (Wildman–Crippen MR) is 86.5 cm³/mol. The van der Waals surface area contributed by atoms with Crippen LogP contribution in [0.4, 0.5) is 5.69 Å². The number of sulfonamides is 1. The Morgan fingerprint density at radius 1 is 1.05 bits per heavy atom. The van der Waals surface area contributed by atoms with Crippen LogP contribution in [-0.2, 0) is 10.0 Å². The van der Waals surface area contributed by atoms with Crippen LogP contribution in [0.5, 0.6) is 11.5 Å². The molecule has 0 aromatic heterocycles. The highest BCUT2D eigenvalue weighted by Gasteiger charge is 2.19. The first-order valence-electron chi connectivity index (χ1n) is 6.39. The average Bonchev–Trinajstić information content (AvgIpc) is 2.48. The van der Waals surface area contributed by atoms with Crippen molar-refractivity contribution in [3.63, 3.8) is 0 Å². The monoisotopic (exact) mass is 341 g/mol. The fraction of sp³-hybridized carbons (Fsp3) is 0.200. The molecule has 0 unspecified atom stereocenters. The molecular formula is C15H16ClNO4S. The molecular weight excluding hydrogens is 326 g/mol. The Morgan fingerprint density at radius 2 is 1.64 bits per heavy atom. The maximum Gasteiger partial charge on any atom is 0.263 e. The molecule has 0 aliphatic heterocycles. The van der Waals surface area contributed by atoms with Crippen molar-refractivity contribution in [1.29, 1.82) is 0 Å². The highest BCUT2D eigenvalue weighted by molar-refractivity contribution is 7.92. The molecule has 0 aliphatic rings. The van der Waals surface area contributed by atoms with E-state index in [9.17, 15) is 8.42 Å². The Bertz CT molecular complexity index is 790. The smallest absolute Gasteiger partial charge is 0.263 e. The molecule has 0 radical (unpaired) electrons. The third-order valence-corrected chi connectivity index (χ3v) is 4.97. The zero-order valence-corrected chi connectivity index (χ0v) is 14.0. The summed E-state index contributed by atoms with van der Waals surface area (Å²) >= 11 is 5.96. The quantitative estimate of drug-likeness (QED) is 0.904. The van der Waals surface area contributed by atoms with Crippen LogP contribution >= 0.6 is 11.6 Å². The van der Waals surface area contributed by atoms with Gasteiger partial charge < -0.3 is 9.47 Å². The minimum atomic E-state index is -3.79. The lowest BCUT2D eigenvalue weighted by Gasteiger charge is -2.15. The Morgan fingerprint density at radius 3 is 2.23 bits per heavy atom. The maximum absolute atomic E-state index is 12.5. The highest BCUT2D eigenvalue weighted by atomic mass is 35.5. The highest BCUT2D eigenvalue weighted by Crippen LogP contribution is 2.34. The number of hydrogen-bond acceptors (Lipinski definition) is 4. The van der Waals surface area contributed by atoms with E-state index >= 15 is 0 Å². The van der Waals surface area contributed by atoms with Gasteiger partial charge in [-0.25, -0.2) is 8.42 Å². The van der Waals surface area contributed by atoms with Gasteiger partial charge in [0.05, 0.1) is 24.9 Å². The molecule has 0 fully saturated rings. The van der Waals surface area contributed by atoms with Gasteiger partial charge >= 0.3 is 0 Å². The molecule has 0 heterocycles. The van der Waals surface area contributed by atoms with Crippen molar-refractivity contribution in [1.82, 2.24) is 0 Å². The second-order valence-electron chi connectivity index (χ2n) is 4.56. The van der Waals surface area contributed by atoms with Crippen LogP contribution in [-0.4, -0.2) is 22.6 Å². The van der Waals surface area contributed by atoms with Gasteiger partial charge in [-0.2, -0.15) is 0 Å². The van der Waals surface area contributed by atoms with E-state index < -0.39 is 10.0 Å². The Labute approximate surface area is 134 Å². The summed E-state index contributed by atoms with van der Waals surface area (Å²) in [5.41, 5.74) is 1.10. The molecule has 118 valence electrons. The molecule has 0 saturated heterocycles. The zero-order valence-electron chi connectivity index (χ0n) is 12.4. The molecule has 22 heavy (non-hydrogen) atoms. The van der Waals surface area contributed by atoms with E-state index in [1.54, 1.807) is 31.2 Å². The summed E-state index contributed by atoms with van der Waals surface area (Å²) in [4.78, 5) is 0.0193. The van der Waals surface area contributed by atoms with E-state index in [2.05, 4.69) is 4.72 Å². The van der Waals surface area contributed by atoms with Gasteiger partial charge in [0.15, 0.2) is 11.5 Å². The van der Waals surface area contributed by atoms with Crippen molar-refractivity contribution >= 4 is 27.3 Å². The summed E-state index contributed by atoms with van der Waals surface area (Å²) in [6.07, 6.45) is 0. The molecule has 0 amide bonds. The van der Waals surface area contributed by atoms with Gasteiger partial charge in [0, 0.05) is 6.07 Å². The van der Waals surface area contributed by atoms with Crippen LogP contribution in [0.3, 0.4) is 0 Å². The minimum absolute atomic E-state index is 0.0193. The van der Waals surface area contributed by atoms with E-state index in [4.69, 9.17) is 21.1 Å². The summed E-state index contributed by atoms with van der Waals surface area (Å²) in [7, 11) is -0.785. The summed E-state index contributed by atoms with van der Waals surface area (Å²) in [6.45, 7) is 1.77.